The minimum Gasteiger partial charge on any atom is -0.376 e. The van der Waals surface area contributed by atoms with Gasteiger partial charge in [-0.15, -0.1) is 5.92 Å². The lowest BCUT2D eigenvalue weighted by molar-refractivity contribution is -0.129. The lowest BCUT2D eigenvalue weighted by atomic mass is 9.85. The summed E-state index contributed by atoms with van der Waals surface area (Å²) in [5.74, 6) is 5.79. The number of amides is 1. The number of hydrogen-bond donors (Lipinski definition) is 3. The van der Waals surface area contributed by atoms with E-state index in [0.717, 1.165) is 22.5 Å². The molecular weight excluding hydrogens is 414 g/mol. The van der Waals surface area contributed by atoms with Crippen LogP contribution >= 0.6 is 11.6 Å². The Labute approximate surface area is 186 Å². The number of pyridine rings is 1. The Bertz CT molecular complexity index is 1080. The molecule has 0 spiro atoms. The fourth-order valence-electron chi connectivity index (χ4n) is 3.89. The summed E-state index contributed by atoms with van der Waals surface area (Å²) in [7, 11) is 1.58. The Kier molecular flexibility index (Phi) is 5.38. The third kappa shape index (κ3) is 3.85. The number of anilines is 1. The molecule has 4 rings (SSSR count). The van der Waals surface area contributed by atoms with Gasteiger partial charge in [0.25, 0.3) is 0 Å². The molecule has 2 aromatic rings. The molecule has 31 heavy (non-hydrogen) atoms. The molecule has 0 radical (unpaired) electrons. The predicted molar refractivity (Wildman–Crippen MR) is 120 cm³/mol. The molecule has 0 saturated carbocycles. The van der Waals surface area contributed by atoms with Gasteiger partial charge < -0.3 is 15.4 Å². The van der Waals surface area contributed by atoms with Crippen LogP contribution in [-0.2, 0) is 20.6 Å². The van der Waals surface area contributed by atoms with E-state index in [1.807, 2.05) is 31.2 Å². The third-order valence-corrected chi connectivity index (χ3v) is 6.10. The molecule has 1 unspecified atom stereocenters. The van der Waals surface area contributed by atoms with E-state index in [-0.39, 0.29) is 18.3 Å². The van der Waals surface area contributed by atoms with E-state index < -0.39 is 11.1 Å². The van der Waals surface area contributed by atoms with Crippen molar-refractivity contribution >= 4 is 29.2 Å². The van der Waals surface area contributed by atoms with Gasteiger partial charge >= 0.3 is 0 Å². The lowest BCUT2D eigenvalue weighted by Crippen LogP contribution is -2.58. The minimum atomic E-state index is -0.780. The highest BCUT2D eigenvalue weighted by Crippen LogP contribution is 2.38. The molecule has 1 aromatic heterocycles. The van der Waals surface area contributed by atoms with E-state index >= 15 is 0 Å². The molecule has 1 aromatic carbocycles. The van der Waals surface area contributed by atoms with Crippen LogP contribution in [0.1, 0.15) is 37.1 Å². The number of ether oxygens (including phenoxy) is 1. The van der Waals surface area contributed by atoms with E-state index in [9.17, 15) is 4.79 Å². The van der Waals surface area contributed by atoms with Crippen molar-refractivity contribution in [3.05, 3.63) is 58.4 Å². The maximum atomic E-state index is 12.4. The highest BCUT2D eigenvalue weighted by molar-refractivity contribution is 6.31. The quantitative estimate of drug-likeness (QED) is 0.639. The number of benzene rings is 1. The standard InChI is InChI=1S/C23H24ClN5O2/c1-4-5-15-6-9-19(26-12-15)23(13-31-14-23)27-16-7-8-18(24)17(10-16)22(2)11-20(30)29(3)21(25)28-22/h6-10,12,27H,11,13-14H2,1-3H3,(H2,25,28). The molecule has 2 aliphatic heterocycles. The second-order valence-corrected chi connectivity index (χ2v) is 8.54. The topological polar surface area (TPSA) is 90.3 Å². The monoisotopic (exact) mass is 437 g/mol. The highest BCUT2D eigenvalue weighted by atomic mass is 35.5. The van der Waals surface area contributed by atoms with Crippen LogP contribution in [0.2, 0.25) is 5.02 Å². The molecule has 2 aliphatic rings. The Morgan fingerprint density at radius 1 is 1.32 bits per heavy atom. The summed E-state index contributed by atoms with van der Waals surface area (Å²) in [6, 6.07) is 9.55. The van der Waals surface area contributed by atoms with Crippen molar-refractivity contribution in [1.82, 2.24) is 15.2 Å². The first-order valence-electron chi connectivity index (χ1n) is 9.95. The van der Waals surface area contributed by atoms with E-state index in [4.69, 9.17) is 21.7 Å². The van der Waals surface area contributed by atoms with Gasteiger partial charge in [0.2, 0.25) is 5.91 Å². The van der Waals surface area contributed by atoms with Gasteiger partial charge in [-0.25, -0.2) is 0 Å². The van der Waals surface area contributed by atoms with Crippen LogP contribution in [0.3, 0.4) is 0 Å². The molecular formula is C23H24ClN5O2. The number of rotatable bonds is 4. The van der Waals surface area contributed by atoms with Crippen LogP contribution < -0.4 is 10.6 Å². The summed E-state index contributed by atoms with van der Waals surface area (Å²) >= 11 is 6.52. The van der Waals surface area contributed by atoms with E-state index in [0.29, 0.717) is 18.2 Å². The number of nitrogens with zero attached hydrogens (tertiary/aromatic N) is 2. The summed E-state index contributed by atoms with van der Waals surface area (Å²) in [6.07, 6.45) is 1.96. The molecule has 160 valence electrons. The first-order valence-corrected chi connectivity index (χ1v) is 10.3. The molecule has 3 N–H and O–H groups in total. The zero-order chi connectivity index (χ0) is 22.2. The first-order chi connectivity index (χ1) is 14.8. The van der Waals surface area contributed by atoms with Crippen molar-refractivity contribution in [2.45, 2.75) is 31.3 Å². The Morgan fingerprint density at radius 2 is 2.10 bits per heavy atom. The fourth-order valence-corrected chi connectivity index (χ4v) is 4.21. The van der Waals surface area contributed by atoms with Crippen LogP contribution in [0, 0.1) is 17.3 Å². The molecule has 0 bridgehead atoms. The predicted octanol–water partition coefficient (Wildman–Crippen LogP) is 3.05. The van der Waals surface area contributed by atoms with Crippen LogP contribution in [-0.4, -0.2) is 42.0 Å². The van der Waals surface area contributed by atoms with Gasteiger partial charge in [0.1, 0.15) is 5.54 Å². The average molecular weight is 438 g/mol. The van der Waals surface area contributed by atoms with E-state index in [2.05, 4.69) is 27.5 Å². The normalized spacial score (nSPS) is 22.1. The number of carbonyl (C=O) groups is 1. The van der Waals surface area contributed by atoms with Crippen LogP contribution in [0.25, 0.3) is 0 Å². The Hall–Kier alpha value is -3.08. The van der Waals surface area contributed by atoms with Crippen molar-refractivity contribution in [1.29, 1.82) is 5.41 Å². The third-order valence-electron chi connectivity index (χ3n) is 5.77. The molecule has 3 heterocycles. The van der Waals surface area contributed by atoms with E-state index in [1.54, 1.807) is 26.2 Å². The second kappa shape index (κ2) is 7.88. The summed E-state index contributed by atoms with van der Waals surface area (Å²) in [5, 5.41) is 15.3. The molecule has 2 fully saturated rings. The van der Waals surface area contributed by atoms with Gasteiger partial charge in [0.15, 0.2) is 5.96 Å². The number of hydrogen-bond acceptors (Lipinski definition) is 5. The average Bonchev–Trinajstić information content (AvgIpc) is 2.71. The van der Waals surface area contributed by atoms with Crippen LogP contribution in [0.5, 0.6) is 0 Å². The second-order valence-electron chi connectivity index (χ2n) is 8.14. The molecule has 1 atom stereocenters. The first kappa shape index (κ1) is 21.2. The van der Waals surface area contributed by atoms with Crippen LogP contribution in [0.15, 0.2) is 36.5 Å². The zero-order valence-electron chi connectivity index (χ0n) is 17.7. The van der Waals surface area contributed by atoms with Gasteiger partial charge in [0.05, 0.1) is 30.9 Å². The van der Waals surface area contributed by atoms with E-state index in [1.165, 1.54) is 4.90 Å². The number of carbonyl (C=O) groups excluding carboxylic acids is 1. The molecule has 1 amide bonds. The lowest BCUT2D eigenvalue weighted by Gasteiger charge is -2.43. The maximum Gasteiger partial charge on any atom is 0.231 e. The van der Waals surface area contributed by atoms with Gasteiger partial charge in [-0.3, -0.25) is 20.1 Å². The van der Waals surface area contributed by atoms with Gasteiger partial charge in [-0.2, -0.15) is 0 Å². The zero-order valence-corrected chi connectivity index (χ0v) is 18.4. The summed E-state index contributed by atoms with van der Waals surface area (Å²) in [5.41, 5.74) is 2.09. The minimum absolute atomic E-state index is 0.0523. The van der Waals surface area contributed by atoms with Gasteiger partial charge in [-0.05, 0) is 49.7 Å². The molecule has 7 nitrogen and oxygen atoms in total. The number of halogens is 1. The number of aromatic nitrogens is 1. The highest BCUT2D eigenvalue weighted by Gasteiger charge is 2.43. The SMILES string of the molecule is CC#Cc1ccc(C2(Nc3ccc(Cl)c(C4(C)CC(=O)N(C)C(=N)N4)c3)COC2)nc1. The van der Waals surface area contributed by atoms with Crippen molar-refractivity contribution in [2.24, 2.45) is 0 Å². The van der Waals surface area contributed by atoms with Crippen molar-refractivity contribution in [2.75, 3.05) is 25.6 Å². The van der Waals surface area contributed by atoms with Crippen molar-refractivity contribution in [3.8, 4) is 11.8 Å². The Morgan fingerprint density at radius 3 is 2.68 bits per heavy atom. The summed E-state index contributed by atoms with van der Waals surface area (Å²) in [6.45, 7) is 4.65. The molecule has 0 aliphatic carbocycles. The van der Waals surface area contributed by atoms with Crippen molar-refractivity contribution in [3.63, 3.8) is 0 Å². The largest absolute Gasteiger partial charge is 0.376 e. The number of guanidine groups is 1. The molecule has 8 heteroatoms. The summed E-state index contributed by atoms with van der Waals surface area (Å²) < 4.78 is 5.53. The van der Waals surface area contributed by atoms with Gasteiger partial charge in [0, 0.05) is 29.5 Å². The van der Waals surface area contributed by atoms with Crippen LogP contribution in [0.4, 0.5) is 5.69 Å². The molecule has 2 saturated heterocycles. The van der Waals surface area contributed by atoms with Gasteiger partial charge in [-0.1, -0.05) is 17.5 Å². The smallest absolute Gasteiger partial charge is 0.231 e. The number of nitrogens with one attached hydrogen (secondary N) is 3. The van der Waals surface area contributed by atoms with Crippen molar-refractivity contribution < 1.29 is 9.53 Å². The Balaban J connectivity index is 1.64. The fraction of sp³-hybridized carbons (Fsp3) is 0.348. The summed E-state index contributed by atoms with van der Waals surface area (Å²) in [4.78, 5) is 18.3. The maximum absolute atomic E-state index is 12.4.